The van der Waals surface area contributed by atoms with Crippen molar-refractivity contribution in [2.45, 2.75) is 83.8 Å². The third kappa shape index (κ3) is 6.03. The summed E-state index contributed by atoms with van der Waals surface area (Å²) in [5.74, 6) is 1.000. The summed E-state index contributed by atoms with van der Waals surface area (Å²) in [7, 11) is 0. The molecule has 1 saturated carbocycles. The van der Waals surface area contributed by atoms with Crippen LogP contribution in [0.1, 0.15) is 77.5 Å². The molecule has 2 atom stereocenters. The third-order valence-corrected chi connectivity index (χ3v) is 6.41. The second kappa shape index (κ2) is 10.9. The van der Waals surface area contributed by atoms with E-state index in [0.29, 0.717) is 31.5 Å². The number of nitrogens with one attached hydrogen (secondary N) is 1. The Hall–Kier alpha value is -1.96. The molecule has 8 heteroatoms. The highest BCUT2D eigenvalue weighted by Crippen LogP contribution is 2.27. The first kappa shape index (κ1) is 22.7. The highest BCUT2D eigenvalue weighted by atomic mass is 16.5. The maximum atomic E-state index is 13.3. The van der Waals surface area contributed by atoms with Gasteiger partial charge in [-0.2, -0.15) is 0 Å². The summed E-state index contributed by atoms with van der Waals surface area (Å²) in [5, 5.41) is 10.7. The van der Waals surface area contributed by atoms with Crippen molar-refractivity contribution < 1.29 is 18.7 Å². The van der Waals surface area contributed by atoms with Crippen molar-refractivity contribution >= 4 is 11.8 Å². The predicted octanol–water partition coefficient (Wildman–Crippen LogP) is 2.90. The maximum absolute atomic E-state index is 13.3. The molecule has 2 unspecified atom stereocenters. The van der Waals surface area contributed by atoms with Crippen LogP contribution in [0, 0.1) is 11.8 Å². The molecule has 168 valence electrons. The molecule has 1 aliphatic heterocycles. The monoisotopic (exact) mass is 420 g/mol. The molecular weight excluding hydrogens is 384 g/mol. The average molecular weight is 421 g/mol. The zero-order valence-electron chi connectivity index (χ0n) is 18.5. The molecule has 3 rings (SSSR count). The molecule has 0 radical (unpaired) electrons. The Bertz CT molecular complexity index is 665. The van der Waals surface area contributed by atoms with Crippen molar-refractivity contribution in [1.29, 1.82) is 0 Å². The van der Waals surface area contributed by atoms with Crippen LogP contribution in [0.3, 0.4) is 0 Å². The van der Waals surface area contributed by atoms with Gasteiger partial charge in [0.15, 0.2) is 0 Å². The van der Waals surface area contributed by atoms with Gasteiger partial charge in [-0.25, -0.2) is 0 Å². The lowest BCUT2D eigenvalue weighted by Crippen LogP contribution is -2.56. The molecule has 1 N–H and O–H groups in total. The zero-order chi connectivity index (χ0) is 21.5. The lowest BCUT2D eigenvalue weighted by Gasteiger charge is -2.35. The van der Waals surface area contributed by atoms with Crippen LogP contribution >= 0.6 is 0 Å². The van der Waals surface area contributed by atoms with Crippen molar-refractivity contribution in [3.63, 3.8) is 0 Å². The minimum atomic E-state index is -0.663. The fraction of sp³-hybridized carbons (Fsp3) is 0.818. The predicted molar refractivity (Wildman–Crippen MR) is 112 cm³/mol. The fourth-order valence-electron chi connectivity index (χ4n) is 4.34. The average Bonchev–Trinajstić information content (AvgIpc) is 3.31. The van der Waals surface area contributed by atoms with Gasteiger partial charge in [0.1, 0.15) is 6.04 Å². The molecule has 1 saturated heterocycles. The summed E-state index contributed by atoms with van der Waals surface area (Å²) in [6.07, 6.45) is 8.71. The van der Waals surface area contributed by atoms with Crippen molar-refractivity contribution in [3.05, 3.63) is 12.3 Å². The van der Waals surface area contributed by atoms with E-state index in [4.69, 9.17) is 9.15 Å². The van der Waals surface area contributed by atoms with Gasteiger partial charge in [-0.1, -0.05) is 33.1 Å². The quantitative estimate of drug-likeness (QED) is 0.694. The second-order valence-electron chi connectivity index (χ2n) is 9.06. The Kier molecular flexibility index (Phi) is 8.24. The van der Waals surface area contributed by atoms with Gasteiger partial charge in [-0.3, -0.25) is 9.59 Å². The fourth-order valence-corrected chi connectivity index (χ4v) is 4.34. The summed E-state index contributed by atoms with van der Waals surface area (Å²) in [6.45, 7) is 7.43. The molecular formula is C22H36N4O4. The first-order chi connectivity index (χ1) is 14.5. The zero-order valence-corrected chi connectivity index (χ0v) is 18.5. The summed E-state index contributed by atoms with van der Waals surface area (Å²) in [5.41, 5.74) is 0. The van der Waals surface area contributed by atoms with E-state index in [2.05, 4.69) is 15.5 Å². The van der Waals surface area contributed by atoms with Gasteiger partial charge in [0.2, 0.25) is 24.1 Å². The van der Waals surface area contributed by atoms with Gasteiger partial charge < -0.3 is 19.4 Å². The molecule has 2 amide bonds. The molecule has 0 spiro atoms. The highest BCUT2D eigenvalue weighted by molar-refractivity contribution is 5.88. The number of aromatic nitrogens is 2. The Morgan fingerprint density at radius 2 is 1.87 bits per heavy atom. The summed E-state index contributed by atoms with van der Waals surface area (Å²) >= 11 is 0. The highest BCUT2D eigenvalue weighted by Gasteiger charge is 2.35. The Balaban J connectivity index is 1.58. The van der Waals surface area contributed by atoms with Crippen molar-refractivity contribution in [1.82, 2.24) is 20.4 Å². The molecule has 30 heavy (non-hydrogen) atoms. The normalized spacial score (nSPS) is 20.9. The number of hydrogen-bond donors (Lipinski definition) is 1. The van der Waals surface area contributed by atoms with Crippen molar-refractivity contribution in [3.8, 4) is 0 Å². The Morgan fingerprint density at radius 3 is 2.47 bits per heavy atom. The minimum Gasteiger partial charge on any atom is -0.428 e. The lowest BCUT2D eigenvalue weighted by atomic mass is 9.90. The molecule has 2 aliphatic rings. The van der Waals surface area contributed by atoms with Gasteiger partial charge in [0.25, 0.3) is 0 Å². The van der Waals surface area contributed by atoms with Crippen molar-refractivity contribution in [2.75, 3.05) is 19.7 Å². The van der Waals surface area contributed by atoms with Crippen molar-refractivity contribution in [2.24, 2.45) is 11.8 Å². The largest absolute Gasteiger partial charge is 0.428 e. The molecule has 2 fully saturated rings. The first-order valence-corrected chi connectivity index (χ1v) is 11.4. The summed E-state index contributed by atoms with van der Waals surface area (Å²) in [6, 6.07) is -0.663. The van der Waals surface area contributed by atoms with Crippen LogP contribution in [-0.4, -0.2) is 58.8 Å². The summed E-state index contributed by atoms with van der Waals surface area (Å²) < 4.78 is 11.4. The number of hydrogen-bond acceptors (Lipinski definition) is 6. The molecule has 0 aromatic carbocycles. The summed E-state index contributed by atoms with van der Waals surface area (Å²) in [4.78, 5) is 27.5. The number of ether oxygens (including phenoxy) is 1. The Labute approximate surface area is 179 Å². The van der Waals surface area contributed by atoms with Crippen LogP contribution in [-0.2, 0) is 14.3 Å². The molecule has 0 bridgehead atoms. The van der Waals surface area contributed by atoms with Gasteiger partial charge in [-0.15, -0.1) is 10.2 Å². The van der Waals surface area contributed by atoms with E-state index in [0.717, 1.165) is 12.8 Å². The second-order valence-corrected chi connectivity index (χ2v) is 9.06. The van der Waals surface area contributed by atoms with E-state index >= 15 is 0 Å². The molecule has 2 heterocycles. The number of carbonyl (C=O) groups is 2. The maximum Gasteiger partial charge on any atom is 0.247 e. The van der Waals surface area contributed by atoms with Gasteiger partial charge in [-0.05, 0) is 38.5 Å². The topological polar surface area (TPSA) is 97.6 Å². The number of carbonyl (C=O) groups excluding carboxylic acids is 2. The van der Waals surface area contributed by atoms with E-state index < -0.39 is 6.04 Å². The molecule has 1 aliphatic carbocycles. The van der Waals surface area contributed by atoms with Gasteiger partial charge in [0, 0.05) is 31.5 Å². The third-order valence-electron chi connectivity index (χ3n) is 6.41. The smallest absolute Gasteiger partial charge is 0.247 e. The van der Waals surface area contributed by atoms with Crippen LogP contribution < -0.4 is 5.32 Å². The number of piperidine rings is 1. The first-order valence-electron chi connectivity index (χ1n) is 11.4. The van der Waals surface area contributed by atoms with Gasteiger partial charge in [0.05, 0.1) is 6.10 Å². The van der Waals surface area contributed by atoms with E-state index in [1.807, 2.05) is 25.7 Å². The Morgan fingerprint density at radius 1 is 1.17 bits per heavy atom. The van der Waals surface area contributed by atoms with Gasteiger partial charge >= 0.3 is 0 Å². The van der Waals surface area contributed by atoms with Crippen LogP contribution in [0.5, 0.6) is 0 Å². The van der Waals surface area contributed by atoms with Crippen LogP contribution in [0.25, 0.3) is 0 Å². The van der Waals surface area contributed by atoms with E-state index in [9.17, 15) is 9.59 Å². The van der Waals surface area contributed by atoms with Crippen LogP contribution in [0.15, 0.2) is 10.8 Å². The van der Waals surface area contributed by atoms with E-state index in [1.54, 1.807) is 0 Å². The lowest BCUT2D eigenvalue weighted by molar-refractivity contribution is -0.142. The molecule has 1 aromatic heterocycles. The number of rotatable bonds is 8. The van der Waals surface area contributed by atoms with E-state index in [1.165, 1.54) is 38.5 Å². The number of nitrogens with zero attached hydrogens (tertiary/aromatic N) is 3. The van der Waals surface area contributed by atoms with Crippen LogP contribution in [0.4, 0.5) is 0 Å². The minimum absolute atomic E-state index is 0.0656. The number of likely N-dealkylation sites (tertiary alicyclic amines) is 1. The van der Waals surface area contributed by atoms with E-state index in [-0.39, 0.29) is 29.8 Å². The van der Waals surface area contributed by atoms with Crippen LogP contribution in [0.2, 0.25) is 0 Å². The molecule has 8 nitrogen and oxygen atoms in total. The molecule has 1 aromatic rings. The SMILES string of the molecule is CC(C)C(=O)NC(C(=O)N1CCC(c2nnco2)CC1)C(C)OCC1CCCCC1. The standard InChI is InChI=1S/C22H36N4O4/c1-15(2)20(27)24-19(16(3)29-13-17-7-5-4-6-8-17)22(28)26-11-9-18(10-12-26)21-25-23-14-30-21/h14-19H,4-13H2,1-3H3,(H,24,27). The number of amides is 2.